The van der Waals surface area contributed by atoms with E-state index in [1.807, 2.05) is 0 Å². The quantitative estimate of drug-likeness (QED) is 0.645. The molecule has 0 aromatic carbocycles. The van der Waals surface area contributed by atoms with Gasteiger partial charge in [0.2, 0.25) is 0 Å². The zero-order valence-electron chi connectivity index (χ0n) is 7.94. The van der Waals surface area contributed by atoms with Gasteiger partial charge in [0.15, 0.2) is 0 Å². The average molecular weight is 143 g/mol. The van der Waals surface area contributed by atoms with Crippen molar-refractivity contribution in [1.82, 2.24) is 0 Å². The van der Waals surface area contributed by atoms with Gasteiger partial charge in [0.25, 0.3) is 0 Å². The van der Waals surface area contributed by atoms with Crippen LogP contribution in [-0.4, -0.2) is 5.54 Å². The van der Waals surface area contributed by atoms with Gasteiger partial charge in [-0.3, -0.25) is 0 Å². The molecule has 0 aliphatic carbocycles. The van der Waals surface area contributed by atoms with Gasteiger partial charge in [-0.1, -0.05) is 20.8 Å². The summed E-state index contributed by atoms with van der Waals surface area (Å²) in [4.78, 5) is 0. The van der Waals surface area contributed by atoms with E-state index < -0.39 is 0 Å². The first-order valence-electron chi connectivity index (χ1n) is 4.12. The Labute approximate surface area is 65.0 Å². The first-order valence-corrected chi connectivity index (χ1v) is 4.12. The minimum absolute atomic E-state index is 0.00366. The highest BCUT2D eigenvalue weighted by atomic mass is 14.7. The van der Waals surface area contributed by atoms with Gasteiger partial charge in [0.05, 0.1) is 0 Å². The Kier molecular flexibility index (Phi) is 3.37. The maximum atomic E-state index is 5.87. The van der Waals surface area contributed by atoms with E-state index in [0.29, 0.717) is 0 Å². The van der Waals surface area contributed by atoms with E-state index in [-0.39, 0.29) is 5.54 Å². The maximum absolute atomic E-state index is 5.87. The summed E-state index contributed by atoms with van der Waals surface area (Å²) in [5.74, 6) is 1.49. The highest BCUT2D eigenvalue weighted by molar-refractivity contribution is 4.75. The van der Waals surface area contributed by atoms with Crippen LogP contribution in [0.25, 0.3) is 0 Å². The monoisotopic (exact) mass is 143 g/mol. The van der Waals surface area contributed by atoms with Crippen LogP contribution in [0.1, 0.15) is 41.0 Å². The molecule has 0 aromatic rings. The smallest absolute Gasteiger partial charge is 0.00996 e. The van der Waals surface area contributed by atoms with Crippen molar-refractivity contribution in [3.05, 3.63) is 0 Å². The summed E-state index contributed by atoms with van der Waals surface area (Å²) < 4.78 is 0. The van der Waals surface area contributed by atoms with Gasteiger partial charge >= 0.3 is 0 Å². The molecule has 0 fully saturated rings. The second-order valence-electron chi connectivity index (χ2n) is 4.41. The van der Waals surface area contributed by atoms with Crippen LogP contribution >= 0.6 is 0 Å². The topological polar surface area (TPSA) is 26.0 Å². The number of rotatable bonds is 3. The summed E-state index contributed by atoms with van der Waals surface area (Å²) in [6.45, 7) is 10.9. The second-order valence-corrected chi connectivity index (χ2v) is 4.41. The fraction of sp³-hybridized carbons (Fsp3) is 1.00. The molecular formula is C9H21N. The molecule has 2 N–H and O–H groups in total. The predicted molar refractivity (Wildman–Crippen MR) is 46.9 cm³/mol. The van der Waals surface area contributed by atoms with E-state index in [2.05, 4.69) is 34.6 Å². The molecule has 0 rings (SSSR count). The molecule has 0 aliphatic heterocycles. The van der Waals surface area contributed by atoms with Crippen molar-refractivity contribution in [3.63, 3.8) is 0 Å². The molecule has 10 heavy (non-hydrogen) atoms. The summed E-state index contributed by atoms with van der Waals surface area (Å²) in [6.07, 6.45) is 1.12. The molecule has 0 spiro atoms. The molecule has 0 unspecified atom stereocenters. The largest absolute Gasteiger partial charge is 0.326 e. The lowest BCUT2D eigenvalue weighted by molar-refractivity contribution is 0.311. The Bertz CT molecular complexity index is 89.4. The number of nitrogens with two attached hydrogens (primary N) is 1. The van der Waals surface area contributed by atoms with E-state index >= 15 is 0 Å². The Morgan fingerprint density at radius 1 is 1.20 bits per heavy atom. The summed E-state index contributed by atoms with van der Waals surface area (Å²) in [5.41, 5.74) is 5.88. The molecule has 0 bridgehead atoms. The average Bonchev–Trinajstić information content (AvgIpc) is 1.60. The van der Waals surface area contributed by atoms with Gasteiger partial charge in [0.1, 0.15) is 0 Å². The summed E-state index contributed by atoms with van der Waals surface area (Å²) in [6, 6.07) is 0. The van der Waals surface area contributed by atoms with Crippen LogP contribution in [0.5, 0.6) is 0 Å². The lowest BCUT2D eigenvalue weighted by Gasteiger charge is -2.25. The van der Waals surface area contributed by atoms with Crippen molar-refractivity contribution in [1.29, 1.82) is 0 Å². The summed E-state index contributed by atoms with van der Waals surface area (Å²) in [5, 5.41) is 0. The molecule has 62 valence electrons. The van der Waals surface area contributed by atoms with Crippen LogP contribution in [0.15, 0.2) is 0 Å². The van der Waals surface area contributed by atoms with E-state index in [1.54, 1.807) is 0 Å². The molecule has 0 amide bonds. The molecule has 0 aliphatic rings. The van der Waals surface area contributed by atoms with Gasteiger partial charge in [-0.15, -0.1) is 0 Å². The lowest BCUT2D eigenvalue weighted by Crippen LogP contribution is -2.34. The van der Waals surface area contributed by atoms with Crippen LogP contribution in [0.3, 0.4) is 0 Å². The standard InChI is InChI=1S/C9H21N/c1-7(2)8(3)6-9(4,5)10/h7-8H,6,10H2,1-5H3/t8-/m0/s1. The molecule has 0 heterocycles. The van der Waals surface area contributed by atoms with Gasteiger partial charge in [0, 0.05) is 5.54 Å². The Balaban J connectivity index is 3.68. The van der Waals surface area contributed by atoms with Gasteiger partial charge in [-0.25, -0.2) is 0 Å². The predicted octanol–water partition coefficient (Wildman–Crippen LogP) is 2.41. The summed E-state index contributed by atoms with van der Waals surface area (Å²) in [7, 11) is 0. The van der Waals surface area contributed by atoms with Gasteiger partial charge < -0.3 is 5.73 Å². The Morgan fingerprint density at radius 2 is 1.60 bits per heavy atom. The molecule has 0 saturated heterocycles. The SMILES string of the molecule is CC(C)[C@@H](C)CC(C)(C)N. The second kappa shape index (κ2) is 3.38. The van der Waals surface area contributed by atoms with Crippen LogP contribution in [0.4, 0.5) is 0 Å². The molecule has 0 aromatic heterocycles. The number of hydrogen-bond acceptors (Lipinski definition) is 1. The van der Waals surface area contributed by atoms with Crippen molar-refractivity contribution >= 4 is 0 Å². The summed E-state index contributed by atoms with van der Waals surface area (Å²) >= 11 is 0. The molecule has 0 saturated carbocycles. The van der Waals surface area contributed by atoms with Gasteiger partial charge in [-0.05, 0) is 32.1 Å². The third-order valence-corrected chi connectivity index (χ3v) is 1.99. The van der Waals surface area contributed by atoms with Crippen LogP contribution in [0.2, 0.25) is 0 Å². The van der Waals surface area contributed by atoms with Crippen LogP contribution < -0.4 is 5.73 Å². The van der Waals surface area contributed by atoms with Crippen LogP contribution in [-0.2, 0) is 0 Å². The molecule has 1 heteroatoms. The molecular weight excluding hydrogens is 122 g/mol. The minimum Gasteiger partial charge on any atom is -0.326 e. The van der Waals surface area contributed by atoms with E-state index in [1.165, 1.54) is 0 Å². The first-order chi connectivity index (χ1) is 4.33. The zero-order valence-corrected chi connectivity index (χ0v) is 7.94. The van der Waals surface area contributed by atoms with Crippen molar-refractivity contribution in [2.45, 2.75) is 46.6 Å². The minimum atomic E-state index is 0.00366. The number of hydrogen-bond donors (Lipinski definition) is 1. The maximum Gasteiger partial charge on any atom is 0.00996 e. The Morgan fingerprint density at radius 3 is 1.70 bits per heavy atom. The van der Waals surface area contributed by atoms with E-state index in [4.69, 9.17) is 5.73 Å². The molecule has 0 radical (unpaired) electrons. The van der Waals surface area contributed by atoms with Gasteiger partial charge in [-0.2, -0.15) is 0 Å². The zero-order chi connectivity index (χ0) is 8.36. The highest BCUT2D eigenvalue weighted by Crippen LogP contribution is 2.20. The fourth-order valence-corrected chi connectivity index (χ4v) is 1.07. The van der Waals surface area contributed by atoms with Crippen molar-refractivity contribution in [2.75, 3.05) is 0 Å². The van der Waals surface area contributed by atoms with E-state index in [0.717, 1.165) is 18.3 Å². The van der Waals surface area contributed by atoms with E-state index in [9.17, 15) is 0 Å². The van der Waals surface area contributed by atoms with Crippen LogP contribution in [0, 0.1) is 11.8 Å². The fourth-order valence-electron chi connectivity index (χ4n) is 1.07. The van der Waals surface area contributed by atoms with Crippen molar-refractivity contribution in [3.8, 4) is 0 Å². The highest BCUT2D eigenvalue weighted by Gasteiger charge is 2.17. The first kappa shape index (κ1) is 9.96. The lowest BCUT2D eigenvalue weighted by atomic mass is 9.86. The Hall–Kier alpha value is -0.0400. The molecule has 1 nitrogen and oxygen atoms in total. The van der Waals surface area contributed by atoms with Crippen molar-refractivity contribution in [2.24, 2.45) is 17.6 Å². The third-order valence-electron chi connectivity index (χ3n) is 1.99. The normalized spacial score (nSPS) is 15.9. The van der Waals surface area contributed by atoms with Crippen molar-refractivity contribution < 1.29 is 0 Å². The molecule has 1 atom stereocenters. The third kappa shape index (κ3) is 4.80.